The second kappa shape index (κ2) is 7.95. The molecule has 0 aromatic heterocycles. The number of nitrogens with zero attached hydrogens (tertiary/aromatic N) is 1. The van der Waals surface area contributed by atoms with Gasteiger partial charge in [0, 0.05) is 7.05 Å². The fraction of sp³-hybridized carbons (Fsp3) is 0.556. The lowest BCUT2D eigenvalue weighted by molar-refractivity contribution is -0.917. The summed E-state index contributed by atoms with van der Waals surface area (Å²) in [5.74, 6) is -0.362. The molecule has 3 rings (SSSR count). The van der Waals surface area contributed by atoms with Crippen LogP contribution in [0, 0.1) is 0 Å². The van der Waals surface area contributed by atoms with Crippen LogP contribution in [0.3, 0.4) is 0 Å². The zero-order valence-electron chi connectivity index (χ0n) is 15.7. The van der Waals surface area contributed by atoms with Crippen molar-refractivity contribution < 1.29 is 22.9 Å². The second-order valence-corrected chi connectivity index (χ2v) is 9.07. The van der Waals surface area contributed by atoms with Crippen LogP contribution in [-0.4, -0.2) is 63.9 Å². The normalized spacial score (nSPS) is 19.3. The lowest BCUT2D eigenvalue weighted by atomic mass is 10.1. The number of amides is 3. The van der Waals surface area contributed by atoms with Gasteiger partial charge in [-0.2, -0.15) is 4.31 Å². The highest BCUT2D eigenvalue weighted by Gasteiger charge is 2.35. The summed E-state index contributed by atoms with van der Waals surface area (Å²) in [5, 5.41) is 4.62. The Balaban J connectivity index is 1.63. The first kappa shape index (κ1) is 19.8. The molecule has 1 atom stereocenters. The molecule has 3 N–H and O–H groups in total. The van der Waals surface area contributed by atoms with E-state index in [1.165, 1.54) is 16.9 Å². The molecule has 1 saturated heterocycles. The summed E-state index contributed by atoms with van der Waals surface area (Å²) in [7, 11) is -2.07. The third kappa shape index (κ3) is 4.15. The van der Waals surface area contributed by atoms with Crippen LogP contribution in [0.15, 0.2) is 23.1 Å². The molecule has 0 bridgehead atoms. The quantitative estimate of drug-likeness (QED) is 0.603. The van der Waals surface area contributed by atoms with E-state index in [2.05, 4.69) is 10.6 Å². The fourth-order valence-corrected chi connectivity index (χ4v) is 5.27. The Labute approximate surface area is 160 Å². The van der Waals surface area contributed by atoms with Gasteiger partial charge < -0.3 is 10.2 Å². The van der Waals surface area contributed by atoms with Crippen LogP contribution in [0.25, 0.3) is 0 Å². The van der Waals surface area contributed by atoms with Crippen molar-refractivity contribution >= 4 is 22.0 Å². The van der Waals surface area contributed by atoms with Crippen LogP contribution in [0.1, 0.15) is 24.5 Å². The number of aryl methyl sites for hydroxylation is 2. The number of carbonyl (C=O) groups is 2. The van der Waals surface area contributed by atoms with Gasteiger partial charge in [0.2, 0.25) is 10.0 Å². The molecule has 0 saturated carbocycles. The number of imide groups is 1. The van der Waals surface area contributed by atoms with Gasteiger partial charge in [0.15, 0.2) is 6.04 Å². The van der Waals surface area contributed by atoms with Crippen LogP contribution in [0.4, 0.5) is 4.79 Å². The van der Waals surface area contributed by atoms with Gasteiger partial charge in [-0.3, -0.25) is 10.1 Å². The van der Waals surface area contributed by atoms with Crippen molar-refractivity contribution in [2.24, 2.45) is 0 Å². The summed E-state index contributed by atoms with van der Waals surface area (Å²) in [6.07, 6.45) is 3.04. The molecule has 1 aliphatic carbocycles. The molecule has 1 aromatic carbocycles. The van der Waals surface area contributed by atoms with Gasteiger partial charge in [-0.05, 0) is 49.4 Å². The maximum atomic E-state index is 13.0. The van der Waals surface area contributed by atoms with Gasteiger partial charge in [0.05, 0.1) is 31.1 Å². The number of benzene rings is 1. The Morgan fingerprint density at radius 3 is 2.48 bits per heavy atom. The van der Waals surface area contributed by atoms with Gasteiger partial charge in [0.25, 0.3) is 5.91 Å². The van der Waals surface area contributed by atoms with Crippen molar-refractivity contribution in [2.45, 2.75) is 37.1 Å². The fourth-order valence-electron chi connectivity index (χ4n) is 3.77. The summed E-state index contributed by atoms with van der Waals surface area (Å²) in [4.78, 5) is 24.7. The van der Waals surface area contributed by atoms with Crippen LogP contribution < -0.4 is 15.5 Å². The molecule has 27 heavy (non-hydrogen) atoms. The van der Waals surface area contributed by atoms with Crippen LogP contribution in [0.5, 0.6) is 0 Å². The molecule has 3 amide bonds. The molecule has 1 aromatic rings. The first-order valence-corrected chi connectivity index (χ1v) is 10.8. The molecular weight excluding hydrogens is 368 g/mol. The number of fused-ring (bicyclic) bond motifs is 1. The Morgan fingerprint density at radius 1 is 1.15 bits per heavy atom. The molecule has 9 heteroatoms. The Bertz CT molecular complexity index is 832. The number of sulfonamides is 1. The van der Waals surface area contributed by atoms with E-state index in [1.54, 1.807) is 13.0 Å². The number of nitrogens with one attached hydrogen (secondary N) is 3. The minimum atomic E-state index is -3.52. The van der Waals surface area contributed by atoms with Crippen molar-refractivity contribution in [1.29, 1.82) is 0 Å². The van der Waals surface area contributed by atoms with Crippen molar-refractivity contribution in [3.05, 3.63) is 29.3 Å². The van der Waals surface area contributed by atoms with E-state index < -0.39 is 22.1 Å². The number of piperazine rings is 1. The standard InChI is InChI=1S/C18H26N4O4S/c1-13(17(23)20-18(24)19-2)21-8-10-22(11-9-21)27(25,26)16-7-6-14-4-3-5-15(14)12-16/h6-7,12-13H,3-5,8-11H2,1-2H3,(H2,19,20,23,24)/p+1/t13-/m0/s1. The van der Waals surface area contributed by atoms with E-state index in [9.17, 15) is 18.0 Å². The highest BCUT2D eigenvalue weighted by atomic mass is 32.2. The van der Waals surface area contributed by atoms with Gasteiger partial charge in [-0.15, -0.1) is 0 Å². The Morgan fingerprint density at radius 2 is 1.81 bits per heavy atom. The Hall–Kier alpha value is -1.97. The molecule has 2 aliphatic rings. The molecule has 1 heterocycles. The predicted molar refractivity (Wildman–Crippen MR) is 100.0 cm³/mol. The van der Waals surface area contributed by atoms with E-state index in [0.717, 1.165) is 29.7 Å². The molecule has 0 radical (unpaired) electrons. The first-order chi connectivity index (χ1) is 12.8. The largest absolute Gasteiger partial charge is 0.341 e. The summed E-state index contributed by atoms with van der Waals surface area (Å²) >= 11 is 0. The maximum Gasteiger partial charge on any atom is 0.321 e. The third-order valence-electron chi connectivity index (χ3n) is 5.54. The molecule has 0 spiro atoms. The maximum absolute atomic E-state index is 13.0. The molecule has 148 valence electrons. The predicted octanol–water partition coefficient (Wildman–Crippen LogP) is -1.09. The van der Waals surface area contributed by atoms with Gasteiger partial charge >= 0.3 is 6.03 Å². The van der Waals surface area contributed by atoms with Crippen molar-refractivity contribution in [3.63, 3.8) is 0 Å². The molecule has 8 nitrogen and oxygen atoms in total. The van der Waals surface area contributed by atoms with Gasteiger partial charge in [0.1, 0.15) is 0 Å². The van der Waals surface area contributed by atoms with E-state index >= 15 is 0 Å². The Kier molecular flexibility index (Phi) is 5.83. The highest BCUT2D eigenvalue weighted by Crippen LogP contribution is 2.26. The van der Waals surface area contributed by atoms with Crippen LogP contribution >= 0.6 is 0 Å². The zero-order chi connectivity index (χ0) is 19.6. The summed E-state index contributed by atoms with van der Waals surface area (Å²) in [6.45, 7) is 3.50. The van der Waals surface area contributed by atoms with Crippen molar-refractivity contribution in [2.75, 3.05) is 33.2 Å². The highest BCUT2D eigenvalue weighted by molar-refractivity contribution is 7.89. The number of urea groups is 1. The van der Waals surface area contributed by atoms with E-state index in [1.807, 2.05) is 12.1 Å². The third-order valence-corrected chi connectivity index (χ3v) is 7.44. The number of rotatable bonds is 4. The van der Waals surface area contributed by atoms with E-state index in [0.29, 0.717) is 31.1 Å². The zero-order valence-corrected chi connectivity index (χ0v) is 16.6. The topological polar surface area (TPSA) is 100 Å². The lowest BCUT2D eigenvalue weighted by Gasteiger charge is -2.34. The van der Waals surface area contributed by atoms with Crippen molar-refractivity contribution in [1.82, 2.24) is 14.9 Å². The van der Waals surface area contributed by atoms with Crippen LogP contribution in [-0.2, 0) is 27.7 Å². The smallest absolute Gasteiger partial charge is 0.321 e. The van der Waals surface area contributed by atoms with Crippen molar-refractivity contribution in [3.8, 4) is 0 Å². The minimum absolute atomic E-state index is 0.354. The molecule has 0 unspecified atom stereocenters. The summed E-state index contributed by atoms with van der Waals surface area (Å²) in [5.41, 5.74) is 2.39. The average molecular weight is 396 g/mol. The second-order valence-electron chi connectivity index (χ2n) is 7.14. The van der Waals surface area contributed by atoms with Crippen LogP contribution in [0.2, 0.25) is 0 Å². The minimum Gasteiger partial charge on any atom is -0.341 e. The molecule has 1 fully saturated rings. The van der Waals surface area contributed by atoms with E-state index in [4.69, 9.17) is 0 Å². The SMILES string of the molecule is CNC(=O)NC(=O)[C@H](C)[NH+]1CCN(S(=O)(=O)c2ccc3c(c2)CCC3)CC1. The number of carbonyl (C=O) groups excluding carboxylic acids is 2. The summed E-state index contributed by atoms with van der Waals surface area (Å²) in [6, 6.07) is 4.49. The first-order valence-electron chi connectivity index (χ1n) is 9.32. The average Bonchev–Trinajstić information content (AvgIpc) is 3.15. The molecular formula is C18H27N4O4S+. The monoisotopic (exact) mass is 395 g/mol. The van der Waals surface area contributed by atoms with E-state index in [-0.39, 0.29) is 5.91 Å². The number of hydrogen-bond donors (Lipinski definition) is 3. The van der Waals surface area contributed by atoms with Gasteiger partial charge in [-0.25, -0.2) is 13.2 Å². The molecule has 1 aliphatic heterocycles. The number of quaternary nitrogens is 1. The lowest BCUT2D eigenvalue weighted by Crippen LogP contribution is -3.19. The van der Waals surface area contributed by atoms with Gasteiger partial charge in [-0.1, -0.05) is 6.07 Å². The summed E-state index contributed by atoms with van der Waals surface area (Å²) < 4.78 is 27.4. The number of hydrogen-bond acceptors (Lipinski definition) is 4.